The van der Waals surface area contributed by atoms with Crippen molar-refractivity contribution in [2.75, 3.05) is 11.9 Å². The highest BCUT2D eigenvalue weighted by Crippen LogP contribution is 2.38. The molecule has 0 aliphatic heterocycles. The molecule has 1 aliphatic carbocycles. The van der Waals surface area contributed by atoms with E-state index >= 15 is 0 Å². The number of aromatic nitrogens is 2. The highest BCUT2D eigenvalue weighted by molar-refractivity contribution is 5.90. The number of amides is 1. The first-order valence-corrected chi connectivity index (χ1v) is 8.88. The van der Waals surface area contributed by atoms with E-state index in [1.807, 2.05) is 36.4 Å². The molecule has 2 aromatic carbocycles. The van der Waals surface area contributed by atoms with Crippen LogP contribution in [0.4, 0.5) is 10.5 Å². The van der Waals surface area contributed by atoms with E-state index in [4.69, 9.17) is 4.74 Å². The number of para-hydroxylation sites is 1. The number of rotatable bonds is 3. The second-order valence-electron chi connectivity index (χ2n) is 6.44. The maximum absolute atomic E-state index is 12.7. The van der Waals surface area contributed by atoms with Crippen LogP contribution in [-0.2, 0) is 19.3 Å². The zero-order valence-electron chi connectivity index (χ0n) is 15.0. The first kappa shape index (κ1) is 16.4. The number of carbonyl (C=O) groups is 1. The Labute approximate surface area is 152 Å². The smallest absolute Gasteiger partial charge is 0.391 e. The maximum Gasteiger partial charge on any atom is 0.420 e. The molecule has 0 saturated heterocycles. The molecular weight excluding hydrogens is 326 g/mol. The number of H-pyrrole nitrogens is 1. The summed E-state index contributed by atoms with van der Waals surface area (Å²) in [6, 6.07) is 16.0. The number of nitrogens with zero attached hydrogens (tertiary/aromatic N) is 2. The molecule has 0 atom stereocenters. The molecule has 1 heterocycles. The van der Waals surface area contributed by atoms with Gasteiger partial charge in [0.1, 0.15) is 0 Å². The van der Waals surface area contributed by atoms with E-state index < -0.39 is 6.09 Å². The first-order valence-electron chi connectivity index (χ1n) is 8.88. The molecule has 1 N–H and O–H groups in total. The van der Waals surface area contributed by atoms with E-state index in [0.717, 1.165) is 47.3 Å². The number of ether oxygens (including phenoxy) is 1. The van der Waals surface area contributed by atoms with E-state index in [1.54, 1.807) is 11.9 Å². The molecule has 1 amide bonds. The van der Waals surface area contributed by atoms with Crippen molar-refractivity contribution < 1.29 is 9.53 Å². The van der Waals surface area contributed by atoms with Crippen LogP contribution < -0.4 is 9.64 Å². The standard InChI is InChI=1S/C21H21N3O2/c1-3-14-8-5-7-11-18(14)24(2)21(25)26-20-19-16-10-6-4-9-15(16)12-13-17(19)22-23-20/h4-11H,3,12-13H2,1-2H3,(H,22,23). The summed E-state index contributed by atoms with van der Waals surface area (Å²) < 4.78 is 5.69. The van der Waals surface area contributed by atoms with E-state index in [0.29, 0.717) is 5.88 Å². The maximum atomic E-state index is 12.7. The van der Waals surface area contributed by atoms with Crippen LogP contribution in [0.5, 0.6) is 5.88 Å². The van der Waals surface area contributed by atoms with Gasteiger partial charge >= 0.3 is 6.09 Å². The number of aromatic amines is 1. The van der Waals surface area contributed by atoms with Gasteiger partial charge in [-0.3, -0.25) is 4.90 Å². The molecular formula is C21H21N3O2. The van der Waals surface area contributed by atoms with Gasteiger partial charge in [0, 0.05) is 12.7 Å². The fraction of sp³-hybridized carbons (Fsp3) is 0.238. The quantitative estimate of drug-likeness (QED) is 0.765. The molecule has 26 heavy (non-hydrogen) atoms. The van der Waals surface area contributed by atoms with Crippen molar-refractivity contribution in [3.8, 4) is 17.0 Å². The lowest BCUT2D eigenvalue weighted by atomic mass is 9.90. The Kier molecular flexibility index (Phi) is 4.21. The monoisotopic (exact) mass is 347 g/mol. The van der Waals surface area contributed by atoms with Crippen molar-refractivity contribution in [1.82, 2.24) is 10.2 Å². The van der Waals surface area contributed by atoms with Gasteiger partial charge in [0.25, 0.3) is 0 Å². The minimum absolute atomic E-state index is 0.415. The van der Waals surface area contributed by atoms with Gasteiger partial charge < -0.3 is 4.74 Å². The predicted molar refractivity (Wildman–Crippen MR) is 102 cm³/mol. The summed E-state index contributed by atoms with van der Waals surface area (Å²) in [6.07, 6.45) is 2.21. The highest BCUT2D eigenvalue weighted by Gasteiger charge is 2.26. The Hall–Kier alpha value is -3.08. The van der Waals surface area contributed by atoms with Gasteiger partial charge in [-0.1, -0.05) is 49.4 Å². The van der Waals surface area contributed by atoms with Crippen LogP contribution in [0.15, 0.2) is 48.5 Å². The van der Waals surface area contributed by atoms with Gasteiger partial charge in [-0.2, -0.15) is 5.10 Å². The van der Waals surface area contributed by atoms with Crippen molar-refractivity contribution in [2.45, 2.75) is 26.2 Å². The molecule has 0 unspecified atom stereocenters. The molecule has 4 rings (SSSR count). The number of fused-ring (bicyclic) bond motifs is 3. The SMILES string of the molecule is CCc1ccccc1N(C)C(=O)Oc1[nH]nc2c1-c1ccccc1CC2. The van der Waals surface area contributed by atoms with Crippen molar-refractivity contribution in [2.24, 2.45) is 0 Å². The number of hydrogen-bond acceptors (Lipinski definition) is 3. The van der Waals surface area contributed by atoms with E-state index in [-0.39, 0.29) is 0 Å². The van der Waals surface area contributed by atoms with Gasteiger partial charge in [-0.25, -0.2) is 9.89 Å². The molecule has 0 saturated carbocycles. The number of hydrogen-bond donors (Lipinski definition) is 1. The summed E-state index contributed by atoms with van der Waals surface area (Å²) in [5, 5.41) is 7.26. The molecule has 1 aliphatic rings. The molecule has 132 valence electrons. The third-order valence-electron chi connectivity index (χ3n) is 4.92. The first-order chi connectivity index (χ1) is 12.7. The van der Waals surface area contributed by atoms with Crippen LogP contribution in [0.2, 0.25) is 0 Å². The average molecular weight is 347 g/mol. The molecule has 3 aromatic rings. The summed E-state index contributed by atoms with van der Waals surface area (Å²) in [7, 11) is 1.73. The van der Waals surface area contributed by atoms with Gasteiger partial charge in [0.05, 0.1) is 11.3 Å². The Balaban J connectivity index is 1.63. The van der Waals surface area contributed by atoms with Crippen molar-refractivity contribution in [3.63, 3.8) is 0 Å². The Morgan fingerprint density at radius 1 is 1.15 bits per heavy atom. The normalized spacial score (nSPS) is 12.2. The summed E-state index contributed by atoms with van der Waals surface area (Å²) in [5.41, 5.74) is 6.14. The van der Waals surface area contributed by atoms with Crippen LogP contribution in [0.3, 0.4) is 0 Å². The fourth-order valence-corrected chi connectivity index (χ4v) is 3.52. The summed E-state index contributed by atoms with van der Waals surface area (Å²) in [5.74, 6) is 0.415. The van der Waals surface area contributed by atoms with Crippen LogP contribution in [0.1, 0.15) is 23.7 Å². The van der Waals surface area contributed by atoms with Crippen LogP contribution in [-0.4, -0.2) is 23.3 Å². The summed E-state index contributed by atoms with van der Waals surface area (Å²) >= 11 is 0. The van der Waals surface area contributed by atoms with Crippen LogP contribution in [0, 0.1) is 0 Å². The second-order valence-corrected chi connectivity index (χ2v) is 6.44. The van der Waals surface area contributed by atoms with Crippen LogP contribution in [0.25, 0.3) is 11.1 Å². The van der Waals surface area contributed by atoms with Crippen molar-refractivity contribution >= 4 is 11.8 Å². The second kappa shape index (κ2) is 6.67. The molecule has 0 fully saturated rings. The Morgan fingerprint density at radius 3 is 2.77 bits per heavy atom. The number of benzene rings is 2. The van der Waals surface area contributed by atoms with Gasteiger partial charge in [-0.15, -0.1) is 0 Å². The molecule has 0 spiro atoms. The Bertz CT molecular complexity index is 961. The number of nitrogens with one attached hydrogen (secondary N) is 1. The van der Waals surface area contributed by atoms with Crippen molar-refractivity contribution in [3.05, 3.63) is 65.4 Å². The molecule has 1 aromatic heterocycles. The topological polar surface area (TPSA) is 58.2 Å². The lowest BCUT2D eigenvalue weighted by Crippen LogP contribution is -2.30. The third kappa shape index (κ3) is 2.75. The highest BCUT2D eigenvalue weighted by atomic mass is 16.6. The van der Waals surface area contributed by atoms with Crippen molar-refractivity contribution in [1.29, 1.82) is 0 Å². The Morgan fingerprint density at radius 2 is 1.92 bits per heavy atom. The zero-order chi connectivity index (χ0) is 18.1. The van der Waals surface area contributed by atoms with E-state index in [2.05, 4.69) is 29.3 Å². The van der Waals surface area contributed by atoms with Gasteiger partial charge in [-0.05, 0) is 42.0 Å². The van der Waals surface area contributed by atoms with E-state index in [9.17, 15) is 4.79 Å². The number of anilines is 1. The molecule has 0 bridgehead atoms. The molecule has 0 radical (unpaired) electrons. The van der Waals surface area contributed by atoms with E-state index in [1.165, 1.54) is 5.56 Å². The average Bonchev–Trinajstić information content (AvgIpc) is 3.10. The summed E-state index contributed by atoms with van der Waals surface area (Å²) in [4.78, 5) is 14.3. The summed E-state index contributed by atoms with van der Waals surface area (Å²) in [6.45, 7) is 2.07. The van der Waals surface area contributed by atoms with Gasteiger partial charge in [0.15, 0.2) is 0 Å². The minimum Gasteiger partial charge on any atom is -0.391 e. The zero-order valence-corrected chi connectivity index (χ0v) is 15.0. The number of carbonyl (C=O) groups excluding carboxylic acids is 1. The lowest BCUT2D eigenvalue weighted by Gasteiger charge is -2.20. The third-order valence-corrected chi connectivity index (χ3v) is 4.92. The predicted octanol–water partition coefficient (Wildman–Crippen LogP) is 4.37. The fourth-order valence-electron chi connectivity index (χ4n) is 3.52. The molecule has 5 nitrogen and oxygen atoms in total. The van der Waals surface area contributed by atoms with Crippen LogP contribution >= 0.6 is 0 Å². The van der Waals surface area contributed by atoms with Gasteiger partial charge in [0.2, 0.25) is 5.88 Å². The molecule has 5 heteroatoms. The minimum atomic E-state index is -0.430. The largest absolute Gasteiger partial charge is 0.420 e. The lowest BCUT2D eigenvalue weighted by molar-refractivity contribution is 0.207. The number of aryl methyl sites for hydroxylation is 3.